The zero-order valence-electron chi connectivity index (χ0n) is 37.2. The molecule has 0 rings (SSSR count). The van der Waals surface area contributed by atoms with Crippen LogP contribution in [0.1, 0.15) is 219 Å². The Labute approximate surface area is 341 Å². The molecule has 0 aromatic rings. The number of likely N-dealkylation sites (N-methyl/N-ethyl adjacent to an activating group) is 1. The van der Waals surface area contributed by atoms with E-state index >= 15 is 0 Å². The summed E-state index contributed by atoms with van der Waals surface area (Å²) in [6.07, 6.45) is 44.0. The lowest BCUT2D eigenvalue weighted by atomic mass is 10.0. The lowest BCUT2D eigenvalue weighted by Gasteiger charge is -2.24. The van der Waals surface area contributed by atoms with Gasteiger partial charge in [-0.05, 0) is 32.1 Å². The van der Waals surface area contributed by atoms with Crippen molar-refractivity contribution in [2.24, 2.45) is 0 Å². The molecule has 0 spiro atoms. The second-order valence-electron chi connectivity index (χ2n) is 17.1. The number of rotatable bonds is 44. The maximum Gasteiger partial charge on any atom is 0.472 e. The van der Waals surface area contributed by atoms with Crippen LogP contribution in [0.5, 0.6) is 0 Å². The molecule has 0 aromatic heterocycles. The summed E-state index contributed by atoms with van der Waals surface area (Å²) in [5.74, 6) is -0.311. The summed E-state index contributed by atoms with van der Waals surface area (Å²) in [4.78, 5) is 22.9. The Kier molecular flexibility index (Phi) is 39.5. The van der Waals surface area contributed by atoms with Gasteiger partial charge < -0.3 is 18.9 Å². The topological polar surface area (TPSA) is 91.3 Å². The van der Waals surface area contributed by atoms with Gasteiger partial charge in [-0.15, -0.1) is 0 Å². The molecule has 0 bridgehead atoms. The van der Waals surface area contributed by atoms with Crippen LogP contribution in [0.15, 0.2) is 12.2 Å². The number of hydrogen-bond acceptors (Lipinski definition) is 6. The van der Waals surface area contributed by atoms with Crippen molar-refractivity contribution >= 4 is 13.8 Å². The van der Waals surface area contributed by atoms with Gasteiger partial charge in [0.1, 0.15) is 19.3 Å². The van der Waals surface area contributed by atoms with Crippen LogP contribution < -0.4 is 0 Å². The zero-order valence-corrected chi connectivity index (χ0v) is 38.1. The number of unbranched alkanes of at least 4 members (excludes halogenated alkanes) is 28. The van der Waals surface area contributed by atoms with Crippen LogP contribution >= 0.6 is 7.82 Å². The maximum absolute atomic E-state index is 12.7. The molecule has 0 fully saturated rings. The molecule has 1 N–H and O–H groups in total. The molecule has 0 heterocycles. The molecular weight excluding hydrogens is 709 g/mol. The average Bonchev–Trinajstić information content (AvgIpc) is 3.13. The molecule has 328 valence electrons. The Hall–Kier alpha value is -0.760. The van der Waals surface area contributed by atoms with Crippen molar-refractivity contribution in [1.29, 1.82) is 0 Å². The van der Waals surface area contributed by atoms with Crippen LogP contribution in [0.3, 0.4) is 0 Å². The molecule has 55 heavy (non-hydrogen) atoms. The molecule has 9 heteroatoms. The number of quaternary nitrogens is 1. The van der Waals surface area contributed by atoms with Crippen molar-refractivity contribution in [2.75, 3.05) is 54.1 Å². The van der Waals surface area contributed by atoms with Crippen LogP contribution in [0, 0.1) is 0 Å². The number of nitrogens with zero attached hydrogens (tertiary/aromatic N) is 1. The van der Waals surface area contributed by atoms with Gasteiger partial charge in [0.05, 0.1) is 34.4 Å². The summed E-state index contributed by atoms with van der Waals surface area (Å²) in [5.41, 5.74) is 0. The van der Waals surface area contributed by atoms with Gasteiger partial charge in [-0.25, -0.2) is 4.57 Å². The van der Waals surface area contributed by atoms with Gasteiger partial charge >= 0.3 is 13.8 Å². The third kappa shape index (κ3) is 44.2. The minimum atomic E-state index is -4.27. The fraction of sp³-hybridized carbons (Fsp3) is 0.935. The highest BCUT2D eigenvalue weighted by Crippen LogP contribution is 2.43. The molecule has 0 amide bonds. The first-order chi connectivity index (χ1) is 26.6. The van der Waals surface area contributed by atoms with Crippen molar-refractivity contribution in [3.05, 3.63) is 12.2 Å². The fourth-order valence-electron chi connectivity index (χ4n) is 6.67. The Bertz CT molecular complexity index is 894. The molecule has 0 aliphatic carbocycles. The molecule has 2 unspecified atom stereocenters. The summed E-state index contributed by atoms with van der Waals surface area (Å²) < 4.78 is 35.0. The number of phosphoric ester groups is 1. The van der Waals surface area contributed by atoms with Crippen molar-refractivity contribution in [3.63, 3.8) is 0 Å². The molecule has 0 aromatic carbocycles. The Balaban J connectivity index is 4.06. The first-order valence-corrected chi connectivity index (χ1v) is 24.9. The van der Waals surface area contributed by atoms with E-state index in [9.17, 15) is 14.3 Å². The smallest absolute Gasteiger partial charge is 0.457 e. The highest BCUT2D eigenvalue weighted by Gasteiger charge is 2.26. The van der Waals surface area contributed by atoms with Crippen LogP contribution in [0.4, 0.5) is 0 Å². The monoisotopic (exact) mass is 803 g/mol. The lowest BCUT2D eigenvalue weighted by Crippen LogP contribution is -2.37. The van der Waals surface area contributed by atoms with Gasteiger partial charge in [-0.1, -0.05) is 193 Å². The van der Waals surface area contributed by atoms with Gasteiger partial charge in [-0.3, -0.25) is 13.8 Å². The Morgan fingerprint density at radius 2 is 0.982 bits per heavy atom. The van der Waals surface area contributed by atoms with Gasteiger partial charge in [0.15, 0.2) is 0 Å². The molecule has 2 atom stereocenters. The number of esters is 1. The first kappa shape index (κ1) is 54.2. The highest BCUT2D eigenvalue weighted by molar-refractivity contribution is 7.47. The summed E-state index contributed by atoms with van der Waals surface area (Å²) in [5, 5.41) is 0. The Morgan fingerprint density at radius 3 is 1.45 bits per heavy atom. The predicted molar refractivity (Wildman–Crippen MR) is 234 cm³/mol. The van der Waals surface area contributed by atoms with Gasteiger partial charge in [0.25, 0.3) is 0 Å². The van der Waals surface area contributed by atoms with Crippen LogP contribution in [0.25, 0.3) is 0 Å². The molecule has 8 nitrogen and oxygen atoms in total. The molecular formula is C46H93NO7P+. The summed E-state index contributed by atoms with van der Waals surface area (Å²) in [6, 6.07) is 0. The third-order valence-corrected chi connectivity index (χ3v) is 11.3. The van der Waals surface area contributed by atoms with E-state index in [0.29, 0.717) is 24.1 Å². The minimum Gasteiger partial charge on any atom is -0.457 e. The van der Waals surface area contributed by atoms with E-state index in [-0.39, 0.29) is 25.8 Å². The fourth-order valence-corrected chi connectivity index (χ4v) is 7.42. The van der Waals surface area contributed by atoms with E-state index in [1.807, 2.05) is 21.1 Å². The van der Waals surface area contributed by atoms with E-state index in [1.54, 1.807) is 0 Å². The van der Waals surface area contributed by atoms with E-state index in [1.165, 1.54) is 167 Å². The molecule has 0 aliphatic rings. The normalized spacial score (nSPS) is 13.8. The standard InChI is InChI=1S/C46H92NO7P/c1-6-8-10-12-14-16-18-19-20-21-22-23-24-25-26-27-28-29-31-33-35-37-39-46(48)54-45(44-53-55(49,50)52-42-40-47(3,4)5)43-51-41-38-36-34-32-30-17-15-13-11-9-7-2/h11,13,45H,6-10,12,14-44H2,1-5H3/p+1/b13-11-. The quantitative estimate of drug-likeness (QED) is 0.0216. The third-order valence-electron chi connectivity index (χ3n) is 10.3. The minimum absolute atomic E-state index is 0.0906. The highest BCUT2D eigenvalue weighted by atomic mass is 31.2. The first-order valence-electron chi connectivity index (χ1n) is 23.4. The summed E-state index contributed by atoms with van der Waals surface area (Å²) in [7, 11) is 1.67. The van der Waals surface area contributed by atoms with E-state index in [2.05, 4.69) is 26.0 Å². The SMILES string of the molecule is CCC/C=C\CCCCCCCCOCC(COP(=O)(O)OCC[N+](C)(C)C)OC(=O)CCCCCCCCCCCCCCCCCCCCCCCC. The lowest BCUT2D eigenvalue weighted by molar-refractivity contribution is -0.870. The van der Waals surface area contributed by atoms with E-state index in [0.717, 1.165) is 32.1 Å². The van der Waals surface area contributed by atoms with Crippen LogP contribution in [-0.4, -0.2) is 75.6 Å². The van der Waals surface area contributed by atoms with Crippen molar-refractivity contribution in [3.8, 4) is 0 Å². The van der Waals surface area contributed by atoms with Gasteiger partial charge in [0, 0.05) is 13.0 Å². The largest absolute Gasteiger partial charge is 0.472 e. The number of allylic oxidation sites excluding steroid dienone is 2. The molecule has 0 radical (unpaired) electrons. The van der Waals surface area contributed by atoms with E-state index in [4.69, 9.17) is 18.5 Å². The second-order valence-corrected chi connectivity index (χ2v) is 18.6. The van der Waals surface area contributed by atoms with Crippen LogP contribution in [0.2, 0.25) is 0 Å². The zero-order chi connectivity index (χ0) is 40.6. The predicted octanol–water partition coefficient (Wildman–Crippen LogP) is 13.8. The van der Waals surface area contributed by atoms with Gasteiger partial charge in [-0.2, -0.15) is 0 Å². The van der Waals surface area contributed by atoms with Gasteiger partial charge in [0.2, 0.25) is 0 Å². The molecule has 0 saturated carbocycles. The van der Waals surface area contributed by atoms with Crippen molar-refractivity contribution < 1.29 is 37.3 Å². The number of hydrogen-bond donors (Lipinski definition) is 1. The molecule has 0 saturated heterocycles. The van der Waals surface area contributed by atoms with Crippen molar-refractivity contribution in [1.82, 2.24) is 0 Å². The number of phosphoric acid groups is 1. The van der Waals surface area contributed by atoms with E-state index < -0.39 is 13.9 Å². The number of ether oxygens (including phenoxy) is 2. The van der Waals surface area contributed by atoms with Crippen molar-refractivity contribution in [2.45, 2.75) is 225 Å². The summed E-state index contributed by atoms with van der Waals surface area (Å²) in [6.45, 7) is 5.60. The van der Waals surface area contributed by atoms with Crippen LogP contribution in [-0.2, 0) is 27.9 Å². The second kappa shape index (κ2) is 40.0. The average molecular weight is 803 g/mol. The molecule has 0 aliphatic heterocycles. The number of carbonyl (C=O) groups excluding carboxylic acids is 1. The summed E-state index contributed by atoms with van der Waals surface area (Å²) >= 11 is 0. The maximum atomic E-state index is 12.7. The number of carbonyl (C=O) groups is 1. The Morgan fingerprint density at radius 1 is 0.545 bits per heavy atom.